The van der Waals surface area contributed by atoms with Crippen molar-refractivity contribution in [3.05, 3.63) is 34.3 Å². The second-order valence-corrected chi connectivity index (χ2v) is 4.15. The van der Waals surface area contributed by atoms with Crippen LogP contribution in [0.15, 0.2) is 22.8 Å². The van der Waals surface area contributed by atoms with Gasteiger partial charge in [0.15, 0.2) is 5.82 Å². The lowest BCUT2D eigenvalue weighted by molar-refractivity contribution is 0.0932. The molecule has 0 bridgehead atoms. The Hall–Kier alpha value is -1.83. The molecule has 8 heteroatoms. The number of rotatable bonds is 3. The van der Waals surface area contributed by atoms with Crippen LogP contribution in [0.2, 0.25) is 0 Å². The van der Waals surface area contributed by atoms with Crippen LogP contribution < -0.4 is 5.32 Å². The van der Waals surface area contributed by atoms with Crippen molar-refractivity contribution in [2.45, 2.75) is 13.0 Å². The van der Waals surface area contributed by atoms with E-state index in [-0.39, 0.29) is 11.9 Å². The first-order valence-corrected chi connectivity index (χ1v) is 5.62. The van der Waals surface area contributed by atoms with E-state index in [1.54, 1.807) is 25.3 Å². The molecule has 0 aliphatic rings. The highest BCUT2D eigenvalue weighted by Gasteiger charge is 2.17. The molecule has 0 fully saturated rings. The predicted molar refractivity (Wildman–Crippen MR) is 62.0 cm³/mol. The zero-order valence-electron chi connectivity index (χ0n) is 8.88. The molecule has 1 atom stereocenters. The van der Waals surface area contributed by atoms with E-state index in [0.29, 0.717) is 16.0 Å². The molecule has 7 nitrogen and oxygen atoms in total. The lowest BCUT2D eigenvalue weighted by atomic mass is 10.3. The van der Waals surface area contributed by atoms with Gasteiger partial charge in [-0.15, -0.1) is 10.2 Å². The normalized spacial score (nSPS) is 12.1. The number of nitrogens with zero attached hydrogens (tertiary/aromatic N) is 4. The smallest absolute Gasteiger partial charge is 0.271 e. The fourth-order valence-corrected chi connectivity index (χ4v) is 1.67. The standard InChI is InChI=1S/C9H9BrN6O/c1-5(8-13-15-16-14-8)12-9(17)7-6(10)3-2-4-11-7/h2-5H,1H3,(H,12,17)(H,13,14,15,16). The van der Waals surface area contributed by atoms with Crippen molar-refractivity contribution in [2.75, 3.05) is 0 Å². The Morgan fingerprint density at radius 3 is 3.06 bits per heavy atom. The molecule has 0 saturated heterocycles. The number of amides is 1. The third-order valence-electron chi connectivity index (χ3n) is 2.07. The SMILES string of the molecule is CC(NC(=O)c1ncccc1Br)c1nn[nH]n1. The number of carbonyl (C=O) groups excluding carboxylic acids is 1. The molecule has 2 heterocycles. The van der Waals surface area contributed by atoms with Crippen LogP contribution in [0.4, 0.5) is 0 Å². The number of halogens is 1. The number of carbonyl (C=O) groups is 1. The Balaban J connectivity index is 2.10. The minimum atomic E-state index is -0.338. The van der Waals surface area contributed by atoms with Crippen molar-refractivity contribution in [3.8, 4) is 0 Å². The molecule has 0 spiro atoms. The maximum atomic E-state index is 11.9. The van der Waals surface area contributed by atoms with E-state index in [0.717, 1.165) is 0 Å². The van der Waals surface area contributed by atoms with Gasteiger partial charge in [-0.25, -0.2) is 4.98 Å². The van der Waals surface area contributed by atoms with Crippen molar-refractivity contribution in [1.29, 1.82) is 0 Å². The first kappa shape index (κ1) is 11.6. The van der Waals surface area contributed by atoms with Crippen molar-refractivity contribution >= 4 is 21.8 Å². The van der Waals surface area contributed by atoms with Crippen LogP contribution in [0.1, 0.15) is 29.3 Å². The van der Waals surface area contributed by atoms with E-state index < -0.39 is 0 Å². The molecule has 2 rings (SSSR count). The summed E-state index contributed by atoms with van der Waals surface area (Å²) in [4.78, 5) is 15.9. The van der Waals surface area contributed by atoms with Crippen molar-refractivity contribution in [2.24, 2.45) is 0 Å². The summed E-state index contributed by atoms with van der Waals surface area (Å²) in [5.74, 6) is 0.125. The molecule has 1 amide bonds. The maximum Gasteiger partial charge on any atom is 0.271 e. The first-order chi connectivity index (χ1) is 8.18. The van der Waals surface area contributed by atoms with Crippen molar-refractivity contribution < 1.29 is 4.79 Å². The summed E-state index contributed by atoms with van der Waals surface area (Å²) in [5, 5.41) is 16.1. The number of aromatic nitrogens is 5. The molecule has 2 aromatic heterocycles. The van der Waals surface area contributed by atoms with Crippen LogP contribution in [0.25, 0.3) is 0 Å². The Kier molecular flexibility index (Phi) is 3.43. The summed E-state index contributed by atoms with van der Waals surface area (Å²) in [7, 11) is 0. The number of aromatic amines is 1. The van der Waals surface area contributed by atoms with Gasteiger partial charge in [-0.2, -0.15) is 5.21 Å². The quantitative estimate of drug-likeness (QED) is 0.875. The van der Waals surface area contributed by atoms with E-state index in [2.05, 4.69) is 46.9 Å². The number of tetrazole rings is 1. The minimum Gasteiger partial charge on any atom is -0.341 e. The van der Waals surface area contributed by atoms with Gasteiger partial charge in [0.2, 0.25) is 0 Å². The van der Waals surface area contributed by atoms with Gasteiger partial charge in [-0.05, 0) is 35.0 Å². The lowest BCUT2D eigenvalue weighted by Gasteiger charge is -2.09. The molecule has 0 aliphatic carbocycles. The van der Waals surface area contributed by atoms with Gasteiger partial charge in [0.25, 0.3) is 5.91 Å². The van der Waals surface area contributed by atoms with Crippen molar-refractivity contribution in [3.63, 3.8) is 0 Å². The Bertz CT molecular complexity index is 514. The van der Waals surface area contributed by atoms with Crippen LogP contribution in [0, 0.1) is 0 Å². The molecule has 0 aliphatic heterocycles. The number of pyridine rings is 1. The van der Waals surface area contributed by atoms with E-state index in [1.165, 1.54) is 0 Å². The average molecular weight is 297 g/mol. The molecular weight excluding hydrogens is 288 g/mol. The summed E-state index contributed by atoms with van der Waals surface area (Å²) >= 11 is 3.26. The fourth-order valence-electron chi connectivity index (χ4n) is 1.24. The molecule has 17 heavy (non-hydrogen) atoms. The molecule has 0 saturated carbocycles. The van der Waals surface area contributed by atoms with E-state index in [9.17, 15) is 4.79 Å². The van der Waals surface area contributed by atoms with E-state index >= 15 is 0 Å². The number of hydrogen-bond acceptors (Lipinski definition) is 5. The third kappa shape index (κ3) is 2.64. The average Bonchev–Trinajstić information content (AvgIpc) is 2.82. The van der Waals surface area contributed by atoms with Gasteiger partial charge in [0, 0.05) is 10.7 Å². The number of nitrogens with one attached hydrogen (secondary N) is 2. The van der Waals surface area contributed by atoms with Crippen molar-refractivity contribution in [1.82, 2.24) is 30.9 Å². The van der Waals surface area contributed by atoms with Crippen LogP contribution in [-0.4, -0.2) is 31.5 Å². The van der Waals surface area contributed by atoms with E-state index in [1.807, 2.05) is 0 Å². The van der Waals surface area contributed by atoms with Gasteiger partial charge >= 0.3 is 0 Å². The Morgan fingerprint density at radius 1 is 1.59 bits per heavy atom. The summed E-state index contributed by atoms with van der Waals surface area (Å²) in [6.07, 6.45) is 1.55. The molecule has 1 unspecified atom stereocenters. The molecular formula is C9H9BrN6O. The van der Waals surface area contributed by atoms with Gasteiger partial charge in [-0.1, -0.05) is 5.21 Å². The van der Waals surface area contributed by atoms with Gasteiger partial charge in [-0.3, -0.25) is 4.79 Å². The molecule has 2 N–H and O–H groups in total. The van der Waals surface area contributed by atoms with E-state index in [4.69, 9.17) is 0 Å². The molecule has 88 valence electrons. The van der Waals surface area contributed by atoms with Crippen LogP contribution in [-0.2, 0) is 0 Å². The largest absolute Gasteiger partial charge is 0.341 e. The second kappa shape index (κ2) is 5.00. The summed E-state index contributed by atoms with van der Waals surface area (Å²) in [6.45, 7) is 1.76. The highest BCUT2D eigenvalue weighted by atomic mass is 79.9. The van der Waals surface area contributed by atoms with Gasteiger partial charge in [0.05, 0.1) is 6.04 Å². The third-order valence-corrected chi connectivity index (χ3v) is 2.71. The molecule has 2 aromatic rings. The van der Waals surface area contributed by atoms with Gasteiger partial charge < -0.3 is 5.32 Å². The minimum absolute atomic E-state index is 0.297. The van der Waals surface area contributed by atoms with Gasteiger partial charge in [0.1, 0.15) is 5.69 Å². The fraction of sp³-hybridized carbons (Fsp3) is 0.222. The predicted octanol–water partition coefficient (Wildman–Crippen LogP) is 0.848. The number of H-pyrrole nitrogens is 1. The Morgan fingerprint density at radius 2 is 2.41 bits per heavy atom. The van der Waals surface area contributed by atoms with Crippen LogP contribution in [0.3, 0.4) is 0 Å². The zero-order chi connectivity index (χ0) is 12.3. The second-order valence-electron chi connectivity index (χ2n) is 3.30. The Labute approximate surface area is 105 Å². The zero-order valence-corrected chi connectivity index (χ0v) is 10.5. The summed E-state index contributed by atoms with van der Waals surface area (Å²) in [5.41, 5.74) is 0.322. The maximum absolute atomic E-state index is 11.9. The monoisotopic (exact) mass is 296 g/mol. The lowest BCUT2D eigenvalue weighted by Crippen LogP contribution is -2.28. The summed E-state index contributed by atoms with van der Waals surface area (Å²) < 4.78 is 0.637. The summed E-state index contributed by atoms with van der Waals surface area (Å²) in [6, 6.07) is 3.15. The molecule has 0 aromatic carbocycles. The molecule has 0 radical (unpaired) electrons. The first-order valence-electron chi connectivity index (χ1n) is 4.83. The highest BCUT2D eigenvalue weighted by Crippen LogP contribution is 2.14. The van der Waals surface area contributed by atoms with Crippen LogP contribution in [0.5, 0.6) is 0 Å². The highest BCUT2D eigenvalue weighted by molar-refractivity contribution is 9.10. The topological polar surface area (TPSA) is 96.5 Å². The van der Waals surface area contributed by atoms with Crippen LogP contribution >= 0.6 is 15.9 Å². The number of hydrogen-bond donors (Lipinski definition) is 2.